The molecule has 6 heteroatoms. The fourth-order valence-electron chi connectivity index (χ4n) is 2.02. The van der Waals surface area contributed by atoms with Crippen molar-refractivity contribution in [2.75, 3.05) is 6.26 Å². The molecule has 0 spiro atoms. The molecule has 1 aromatic heterocycles. The molecule has 0 aliphatic rings. The van der Waals surface area contributed by atoms with Gasteiger partial charge in [-0.2, -0.15) is 15.0 Å². The summed E-state index contributed by atoms with van der Waals surface area (Å²) in [5.41, 5.74) is 0.712. The van der Waals surface area contributed by atoms with E-state index in [1.807, 2.05) is 30.5 Å². The Kier molecular flexibility index (Phi) is 5.38. The number of aromatic nitrogens is 3. The highest BCUT2D eigenvalue weighted by atomic mass is 32.2. The average molecular weight is 304 g/mol. The van der Waals surface area contributed by atoms with Crippen LogP contribution in [0, 0.1) is 5.92 Å². The van der Waals surface area contributed by atoms with E-state index in [0.29, 0.717) is 18.0 Å². The van der Waals surface area contributed by atoms with Crippen LogP contribution >= 0.6 is 11.8 Å². The zero-order valence-electron chi connectivity index (χ0n) is 12.5. The van der Waals surface area contributed by atoms with Crippen LogP contribution in [0.2, 0.25) is 0 Å². The van der Waals surface area contributed by atoms with Crippen LogP contribution in [0.5, 0.6) is 0 Å². The Morgan fingerprint density at radius 2 is 1.95 bits per heavy atom. The third kappa shape index (κ3) is 4.07. The minimum absolute atomic E-state index is 0.0141. The van der Waals surface area contributed by atoms with Gasteiger partial charge in [-0.25, -0.2) is 0 Å². The van der Waals surface area contributed by atoms with Crippen LogP contribution in [0.25, 0.3) is 0 Å². The minimum atomic E-state index is -0.0502. The van der Waals surface area contributed by atoms with E-state index < -0.39 is 0 Å². The Labute approximate surface area is 129 Å². The van der Waals surface area contributed by atoms with E-state index in [0.717, 1.165) is 4.90 Å². The van der Waals surface area contributed by atoms with Gasteiger partial charge in [0.05, 0.1) is 30.5 Å². The maximum Gasteiger partial charge on any atom is 0.252 e. The number of rotatable bonds is 6. The molecule has 5 nitrogen and oxygen atoms in total. The zero-order valence-corrected chi connectivity index (χ0v) is 13.3. The van der Waals surface area contributed by atoms with Crippen molar-refractivity contribution in [3.05, 3.63) is 42.2 Å². The van der Waals surface area contributed by atoms with Gasteiger partial charge in [0.25, 0.3) is 5.91 Å². The van der Waals surface area contributed by atoms with Gasteiger partial charge in [-0.05, 0) is 24.3 Å². The summed E-state index contributed by atoms with van der Waals surface area (Å²) in [5.74, 6) is 0.243. The molecule has 0 aliphatic carbocycles. The van der Waals surface area contributed by atoms with Crippen molar-refractivity contribution in [2.24, 2.45) is 5.92 Å². The third-order valence-corrected chi connectivity index (χ3v) is 4.10. The predicted octanol–water partition coefficient (Wildman–Crippen LogP) is 2.45. The lowest BCUT2D eigenvalue weighted by Crippen LogP contribution is -2.42. The summed E-state index contributed by atoms with van der Waals surface area (Å²) >= 11 is 1.57. The lowest BCUT2D eigenvalue weighted by Gasteiger charge is -2.22. The van der Waals surface area contributed by atoms with Gasteiger partial charge in [0.2, 0.25) is 0 Å². The second-order valence-corrected chi connectivity index (χ2v) is 5.96. The predicted molar refractivity (Wildman–Crippen MR) is 84.3 cm³/mol. The molecule has 0 bridgehead atoms. The summed E-state index contributed by atoms with van der Waals surface area (Å²) in [6.45, 7) is 4.72. The van der Waals surface area contributed by atoms with E-state index in [-0.39, 0.29) is 11.9 Å². The van der Waals surface area contributed by atoms with Crippen LogP contribution < -0.4 is 5.32 Å². The van der Waals surface area contributed by atoms with Crippen LogP contribution in [-0.2, 0) is 6.54 Å². The maximum atomic E-state index is 12.5. The third-order valence-electron chi connectivity index (χ3n) is 3.30. The second-order valence-electron chi connectivity index (χ2n) is 5.11. The molecule has 1 unspecified atom stereocenters. The minimum Gasteiger partial charge on any atom is -0.347 e. The molecule has 0 saturated heterocycles. The van der Waals surface area contributed by atoms with Crippen LogP contribution in [-0.4, -0.2) is 33.2 Å². The Bertz CT molecular complexity index is 583. The summed E-state index contributed by atoms with van der Waals surface area (Å²) in [6, 6.07) is 7.62. The quantitative estimate of drug-likeness (QED) is 0.833. The van der Waals surface area contributed by atoms with Gasteiger partial charge in [0, 0.05) is 4.90 Å². The standard InChI is InChI=1S/C15H20N4OS/c1-11(2)13(10-19-16-8-9-17-19)18-15(20)12-6-4-5-7-14(12)21-3/h4-9,11,13H,10H2,1-3H3,(H,18,20). The van der Waals surface area contributed by atoms with Gasteiger partial charge in [-0.15, -0.1) is 11.8 Å². The number of nitrogens with zero attached hydrogens (tertiary/aromatic N) is 3. The number of carbonyl (C=O) groups is 1. The fourth-order valence-corrected chi connectivity index (χ4v) is 2.61. The Hall–Kier alpha value is -1.82. The van der Waals surface area contributed by atoms with Crippen molar-refractivity contribution < 1.29 is 4.79 Å². The normalized spacial score (nSPS) is 12.4. The second kappa shape index (κ2) is 7.26. The molecule has 2 aromatic rings. The van der Waals surface area contributed by atoms with Crippen molar-refractivity contribution in [3.8, 4) is 0 Å². The largest absolute Gasteiger partial charge is 0.347 e. The molecule has 21 heavy (non-hydrogen) atoms. The number of hydrogen-bond acceptors (Lipinski definition) is 4. The van der Waals surface area contributed by atoms with Crippen molar-refractivity contribution in [1.29, 1.82) is 0 Å². The molecule has 0 radical (unpaired) electrons. The first kappa shape index (κ1) is 15.6. The molecule has 0 aliphatic heterocycles. The number of thioether (sulfide) groups is 1. The smallest absolute Gasteiger partial charge is 0.252 e. The number of hydrogen-bond donors (Lipinski definition) is 1. The van der Waals surface area contributed by atoms with Crippen molar-refractivity contribution >= 4 is 17.7 Å². The highest BCUT2D eigenvalue weighted by Crippen LogP contribution is 2.20. The molecule has 1 aromatic carbocycles. The van der Waals surface area contributed by atoms with E-state index >= 15 is 0 Å². The molecule has 0 fully saturated rings. The molecule has 1 N–H and O–H groups in total. The molecule has 2 rings (SSSR count). The van der Waals surface area contributed by atoms with Gasteiger partial charge >= 0.3 is 0 Å². The Balaban J connectivity index is 2.11. The van der Waals surface area contributed by atoms with E-state index in [9.17, 15) is 4.79 Å². The van der Waals surface area contributed by atoms with E-state index in [1.54, 1.807) is 29.0 Å². The van der Waals surface area contributed by atoms with E-state index in [1.165, 1.54) is 0 Å². The topological polar surface area (TPSA) is 59.8 Å². The van der Waals surface area contributed by atoms with Crippen molar-refractivity contribution in [3.63, 3.8) is 0 Å². The van der Waals surface area contributed by atoms with E-state index in [4.69, 9.17) is 0 Å². The summed E-state index contributed by atoms with van der Waals surface area (Å²) in [6.07, 6.45) is 5.25. The molecule has 112 valence electrons. The van der Waals surface area contributed by atoms with Gasteiger partial charge in [0.15, 0.2) is 0 Å². The average Bonchev–Trinajstić information content (AvgIpc) is 2.99. The summed E-state index contributed by atoms with van der Waals surface area (Å²) in [4.78, 5) is 15.1. The molecule has 0 saturated carbocycles. The zero-order chi connectivity index (χ0) is 15.2. The first-order valence-corrected chi connectivity index (χ1v) is 8.12. The lowest BCUT2D eigenvalue weighted by atomic mass is 10.0. The Morgan fingerprint density at radius 3 is 2.57 bits per heavy atom. The Morgan fingerprint density at radius 1 is 1.29 bits per heavy atom. The molecule has 1 atom stereocenters. The van der Waals surface area contributed by atoms with Gasteiger partial charge < -0.3 is 5.32 Å². The number of benzene rings is 1. The first-order valence-electron chi connectivity index (χ1n) is 6.89. The van der Waals surface area contributed by atoms with Crippen LogP contribution in [0.1, 0.15) is 24.2 Å². The maximum absolute atomic E-state index is 12.5. The summed E-state index contributed by atoms with van der Waals surface area (Å²) in [7, 11) is 0. The lowest BCUT2D eigenvalue weighted by molar-refractivity contribution is 0.0915. The molecule has 1 heterocycles. The van der Waals surface area contributed by atoms with Gasteiger partial charge in [-0.1, -0.05) is 26.0 Å². The van der Waals surface area contributed by atoms with Crippen LogP contribution in [0.4, 0.5) is 0 Å². The first-order chi connectivity index (χ1) is 10.1. The van der Waals surface area contributed by atoms with Gasteiger partial charge in [0.1, 0.15) is 0 Å². The number of amides is 1. The highest BCUT2D eigenvalue weighted by Gasteiger charge is 2.19. The number of nitrogens with one attached hydrogen (secondary N) is 1. The molecular weight excluding hydrogens is 284 g/mol. The summed E-state index contributed by atoms with van der Waals surface area (Å²) < 4.78 is 0. The monoisotopic (exact) mass is 304 g/mol. The molecular formula is C15H20N4OS. The van der Waals surface area contributed by atoms with E-state index in [2.05, 4.69) is 29.4 Å². The van der Waals surface area contributed by atoms with Crippen LogP contribution in [0.15, 0.2) is 41.6 Å². The van der Waals surface area contributed by atoms with Crippen molar-refractivity contribution in [2.45, 2.75) is 31.3 Å². The SMILES string of the molecule is CSc1ccccc1C(=O)NC(Cn1nccn1)C(C)C. The highest BCUT2D eigenvalue weighted by molar-refractivity contribution is 7.98. The van der Waals surface area contributed by atoms with Crippen molar-refractivity contribution in [1.82, 2.24) is 20.3 Å². The number of carbonyl (C=O) groups excluding carboxylic acids is 1. The van der Waals surface area contributed by atoms with Crippen LogP contribution in [0.3, 0.4) is 0 Å². The fraction of sp³-hybridized carbons (Fsp3) is 0.400. The molecule has 1 amide bonds. The summed E-state index contributed by atoms with van der Waals surface area (Å²) in [5, 5.41) is 11.3. The van der Waals surface area contributed by atoms with Gasteiger partial charge in [-0.3, -0.25) is 4.79 Å².